The number of aromatic nitrogens is 1. The summed E-state index contributed by atoms with van der Waals surface area (Å²) in [4.78, 5) is 4.29. The topological polar surface area (TPSA) is 74.2 Å². The SMILES string of the molecule is NC1Oc2c(ccnc2C#Cc2ccccc2)C1(N)c1ccc(F)c(Cl)c1. The van der Waals surface area contributed by atoms with Gasteiger partial charge in [0.1, 0.15) is 11.4 Å². The summed E-state index contributed by atoms with van der Waals surface area (Å²) < 4.78 is 19.4. The Kier molecular flexibility index (Phi) is 4.33. The Hall–Kier alpha value is -2.91. The molecule has 0 fully saturated rings. The number of pyridine rings is 1. The van der Waals surface area contributed by atoms with Crippen molar-refractivity contribution in [2.45, 2.75) is 11.8 Å². The van der Waals surface area contributed by atoms with Crippen LogP contribution in [0.15, 0.2) is 60.8 Å². The lowest BCUT2D eigenvalue weighted by Crippen LogP contribution is -2.52. The Labute approximate surface area is 160 Å². The summed E-state index contributed by atoms with van der Waals surface area (Å²) in [6.07, 6.45) is 0.706. The molecule has 134 valence electrons. The predicted molar refractivity (Wildman–Crippen MR) is 102 cm³/mol. The van der Waals surface area contributed by atoms with Gasteiger partial charge in [-0.1, -0.05) is 41.8 Å². The van der Waals surface area contributed by atoms with Crippen molar-refractivity contribution in [2.24, 2.45) is 11.5 Å². The molecule has 4 rings (SSSR count). The van der Waals surface area contributed by atoms with Crippen molar-refractivity contribution in [2.75, 3.05) is 0 Å². The van der Waals surface area contributed by atoms with Crippen molar-refractivity contribution >= 4 is 11.6 Å². The molecule has 1 aliphatic rings. The number of benzene rings is 2. The van der Waals surface area contributed by atoms with Gasteiger partial charge in [0.25, 0.3) is 0 Å². The smallest absolute Gasteiger partial charge is 0.174 e. The summed E-state index contributed by atoms with van der Waals surface area (Å²) in [6.45, 7) is 0. The monoisotopic (exact) mass is 379 g/mol. The molecular weight excluding hydrogens is 365 g/mol. The highest BCUT2D eigenvalue weighted by Crippen LogP contribution is 2.44. The highest BCUT2D eigenvalue weighted by Gasteiger charge is 2.47. The van der Waals surface area contributed by atoms with E-state index < -0.39 is 17.6 Å². The first-order valence-corrected chi connectivity index (χ1v) is 8.61. The molecule has 3 aromatic rings. The Bertz CT molecular complexity index is 1080. The third kappa shape index (κ3) is 2.94. The average Bonchev–Trinajstić information content (AvgIpc) is 2.95. The maximum absolute atomic E-state index is 13.6. The number of nitrogens with zero attached hydrogens (tertiary/aromatic N) is 1. The lowest BCUT2D eigenvalue weighted by Gasteiger charge is -2.28. The fourth-order valence-corrected chi connectivity index (χ4v) is 3.26. The molecule has 0 spiro atoms. The van der Waals surface area contributed by atoms with Crippen LogP contribution in [0.4, 0.5) is 4.39 Å². The fourth-order valence-electron chi connectivity index (χ4n) is 3.08. The van der Waals surface area contributed by atoms with Crippen LogP contribution in [-0.2, 0) is 5.54 Å². The van der Waals surface area contributed by atoms with E-state index in [2.05, 4.69) is 16.8 Å². The van der Waals surface area contributed by atoms with Crippen molar-refractivity contribution in [3.63, 3.8) is 0 Å². The van der Waals surface area contributed by atoms with Crippen LogP contribution in [0.25, 0.3) is 0 Å². The van der Waals surface area contributed by atoms with Crippen molar-refractivity contribution in [3.8, 4) is 17.6 Å². The largest absolute Gasteiger partial charge is 0.469 e. The van der Waals surface area contributed by atoms with Gasteiger partial charge in [0.05, 0.1) is 5.02 Å². The van der Waals surface area contributed by atoms with Gasteiger partial charge in [-0.25, -0.2) is 9.37 Å². The molecule has 0 radical (unpaired) electrons. The summed E-state index contributed by atoms with van der Waals surface area (Å²) in [5.74, 6) is 5.95. The maximum atomic E-state index is 13.6. The molecule has 4 nitrogen and oxygen atoms in total. The zero-order valence-electron chi connectivity index (χ0n) is 14.1. The van der Waals surface area contributed by atoms with Gasteiger partial charge in [0.15, 0.2) is 17.7 Å². The molecule has 2 aromatic carbocycles. The van der Waals surface area contributed by atoms with E-state index in [1.165, 1.54) is 12.1 Å². The summed E-state index contributed by atoms with van der Waals surface area (Å²) >= 11 is 5.93. The number of ether oxygens (including phenoxy) is 1. The molecule has 0 bridgehead atoms. The summed E-state index contributed by atoms with van der Waals surface area (Å²) in [7, 11) is 0. The van der Waals surface area contributed by atoms with Crippen LogP contribution >= 0.6 is 11.6 Å². The van der Waals surface area contributed by atoms with Gasteiger partial charge in [0.2, 0.25) is 0 Å². The van der Waals surface area contributed by atoms with Crippen LogP contribution < -0.4 is 16.2 Å². The van der Waals surface area contributed by atoms with E-state index in [1.807, 2.05) is 30.3 Å². The van der Waals surface area contributed by atoms with Gasteiger partial charge in [-0.3, -0.25) is 5.73 Å². The second-order valence-electron chi connectivity index (χ2n) is 6.19. The van der Waals surface area contributed by atoms with E-state index in [-0.39, 0.29) is 5.02 Å². The molecular formula is C21H15ClFN3O. The van der Waals surface area contributed by atoms with Gasteiger partial charge in [-0.2, -0.15) is 0 Å². The van der Waals surface area contributed by atoms with Gasteiger partial charge in [0, 0.05) is 17.3 Å². The van der Waals surface area contributed by atoms with E-state index in [0.717, 1.165) is 5.56 Å². The molecule has 6 heteroatoms. The number of nitrogens with two attached hydrogens (primary N) is 2. The number of hydrogen-bond donors (Lipinski definition) is 2. The van der Waals surface area contributed by atoms with Crippen LogP contribution in [0.5, 0.6) is 5.75 Å². The number of halogens is 2. The zero-order chi connectivity index (χ0) is 19.0. The van der Waals surface area contributed by atoms with Gasteiger partial charge in [-0.15, -0.1) is 0 Å². The van der Waals surface area contributed by atoms with E-state index in [0.29, 0.717) is 22.6 Å². The van der Waals surface area contributed by atoms with Crippen LogP contribution in [0, 0.1) is 17.7 Å². The molecule has 1 aliphatic heterocycles. The highest BCUT2D eigenvalue weighted by molar-refractivity contribution is 6.30. The van der Waals surface area contributed by atoms with E-state index >= 15 is 0 Å². The maximum Gasteiger partial charge on any atom is 0.174 e. The van der Waals surface area contributed by atoms with Gasteiger partial charge in [-0.05, 0) is 41.8 Å². The molecule has 0 aliphatic carbocycles. The van der Waals surface area contributed by atoms with Gasteiger partial charge < -0.3 is 10.5 Å². The molecule has 0 saturated carbocycles. The molecule has 1 aromatic heterocycles. The van der Waals surface area contributed by atoms with E-state index in [4.69, 9.17) is 27.8 Å². The number of fused-ring (bicyclic) bond motifs is 1. The van der Waals surface area contributed by atoms with Crippen LogP contribution in [0.3, 0.4) is 0 Å². The third-order valence-corrected chi connectivity index (χ3v) is 4.83. The van der Waals surface area contributed by atoms with E-state index in [1.54, 1.807) is 18.3 Å². The second-order valence-corrected chi connectivity index (χ2v) is 6.60. The third-order valence-electron chi connectivity index (χ3n) is 4.54. The average molecular weight is 380 g/mol. The summed E-state index contributed by atoms with van der Waals surface area (Å²) in [6, 6.07) is 15.5. The van der Waals surface area contributed by atoms with Crippen LogP contribution in [0.2, 0.25) is 5.02 Å². The first kappa shape index (κ1) is 17.5. The van der Waals surface area contributed by atoms with Crippen molar-refractivity contribution in [1.29, 1.82) is 0 Å². The summed E-state index contributed by atoms with van der Waals surface area (Å²) in [5, 5.41) is -0.0314. The first-order chi connectivity index (χ1) is 13.0. The lowest BCUT2D eigenvalue weighted by molar-refractivity contribution is 0.177. The van der Waals surface area contributed by atoms with Gasteiger partial charge >= 0.3 is 0 Å². The molecule has 2 unspecified atom stereocenters. The Morgan fingerprint density at radius 3 is 2.63 bits per heavy atom. The molecule has 2 heterocycles. The minimum absolute atomic E-state index is 0.0314. The fraction of sp³-hybridized carbons (Fsp3) is 0.0952. The lowest BCUT2D eigenvalue weighted by atomic mass is 9.83. The zero-order valence-corrected chi connectivity index (χ0v) is 14.9. The highest BCUT2D eigenvalue weighted by atomic mass is 35.5. The molecule has 4 N–H and O–H groups in total. The Morgan fingerprint density at radius 1 is 1.11 bits per heavy atom. The number of rotatable bonds is 1. The molecule has 0 saturated heterocycles. The minimum Gasteiger partial charge on any atom is -0.469 e. The van der Waals surface area contributed by atoms with Crippen molar-refractivity contribution in [1.82, 2.24) is 4.98 Å². The predicted octanol–water partition coefficient (Wildman–Crippen LogP) is 3.15. The Morgan fingerprint density at radius 2 is 1.89 bits per heavy atom. The number of hydrogen-bond acceptors (Lipinski definition) is 4. The summed E-state index contributed by atoms with van der Waals surface area (Å²) in [5.41, 5.74) is 14.1. The van der Waals surface area contributed by atoms with Crippen molar-refractivity contribution < 1.29 is 9.13 Å². The Balaban J connectivity index is 1.81. The van der Waals surface area contributed by atoms with Crippen LogP contribution in [0.1, 0.15) is 22.4 Å². The normalized spacial score (nSPS) is 20.4. The van der Waals surface area contributed by atoms with Crippen LogP contribution in [-0.4, -0.2) is 11.2 Å². The molecule has 27 heavy (non-hydrogen) atoms. The van der Waals surface area contributed by atoms with Crippen molar-refractivity contribution in [3.05, 3.63) is 94.0 Å². The standard InChI is InChI=1S/C21H15ClFN3O/c22-16-12-14(7-8-17(16)23)21(25)15-10-11-26-18(19(15)27-20(21)24)9-6-13-4-2-1-3-5-13/h1-5,7-8,10-12,20H,24-25H2. The first-order valence-electron chi connectivity index (χ1n) is 8.23. The molecule has 0 amide bonds. The molecule has 2 atom stereocenters. The minimum atomic E-state index is -1.20. The quantitative estimate of drug-likeness (QED) is 0.637. The van der Waals surface area contributed by atoms with E-state index in [9.17, 15) is 4.39 Å². The second kappa shape index (κ2) is 6.67.